The molecule has 0 radical (unpaired) electrons. The van der Waals surface area contributed by atoms with Crippen LogP contribution in [0.5, 0.6) is 11.5 Å². The van der Waals surface area contributed by atoms with Gasteiger partial charge in [-0.15, -0.1) is 0 Å². The van der Waals surface area contributed by atoms with Crippen LogP contribution in [0.15, 0.2) is 36.4 Å². The lowest BCUT2D eigenvalue weighted by Gasteiger charge is -2.36. The molecular formula is C19H20ClN3O2S. The summed E-state index contributed by atoms with van der Waals surface area (Å²) in [6.45, 7) is 3.75. The molecule has 0 spiro atoms. The van der Waals surface area contributed by atoms with Crippen molar-refractivity contribution >= 4 is 44.0 Å². The van der Waals surface area contributed by atoms with Crippen molar-refractivity contribution in [3.05, 3.63) is 41.4 Å². The van der Waals surface area contributed by atoms with Crippen LogP contribution in [-0.2, 0) is 0 Å². The summed E-state index contributed by atoms with van der Waals surface area (Å²) in [6, 6.07) is 11.9. The fourth-order valence-electron chi connectivity index (χ4n) is 3.22. The van der Waals surface area contributed by atoms with E-state index in [1.54, 1.807) is 25.6 Å². The zero-order chi connectivity index (χ0) is 18.1. The van der Waals surface area contributed by atoms with Gasteiger partial charge >= 0.3 is 0 Å². The maximum Gasteiger partial charge on any atom is 0.186 e. The lowest BCUT2D eigenvalue weighted by atomic mass is 10.2. The maximum absolute atomic E-state index is 5.99. The molecule has 2 aromatic carbocycles. The average molecular weight is 390 g/mol. The summed E-state index contributed by atoms with van der Waals surface area (Å²) in [6.07, 6.45) is 0. The Morgan fingerprint density at radius 1 is 0.885 bits per heavy atom. The van der Waals surface area contributed by atoms with Gasteiger partial charge in [0.2, 0.25) is 0 Å². The fraction of sp³-hybridized carbons (Fsp3) is 0.316. The minimum absolute atomic E-state index is 0.768. The van der Waals surface area contributed by atoms with E-state index in [1.165, 1.54) is 5.69 Å². The molecule has 1 aliphatic heterocycles. The largest absolute Gasteiger partial charge is 0.495 e. The zero-order valence-corrected chi connectivity index (χ0v) is 16.3. The number of benzene rings is 2. The molecule has 4 rings (SSSR count). The summed E-state index contributed by atoms with van der Waals surface area (Å²) >= 11 is 7.65. The van der Waals surface area contributed by atoms with Crippen LogP contribution < -0.4 is 19.3 Å². The second-order valence-electron chi connectivity index (χ2n) is 6.09. The first-order valence-corrected chi connectivity index (χ1v) is 9.66. The van der Waals surface area contributed by atoms with Gasteiger partial charge < -0.3 is 19.3 Å². The molecule has 2 heterocycles. The van der Waals surface area contributed by atoms with Gasteiger partial charge in [-0.3, -0.25) is 0 Å². The summed E-state index contributed by atoms with van der Waals surface area (Å²) in [5.41, 5.74) is 2.08. The minimum Gasteiger partial charge on any atom is -0.495 e. The second-order valence-corrected chi connectivity index (χ2v) is 7.51. The quantitative estimate of drug-likeness (QED) is 0.665. The van der Waals surface area contributed by atoms with E-state index in [0.717, 1.165) is 58.0 Å². The third kappa shape index (κ3) is 3.15. The number of ether oxygens (including phenoxy) is 2. The average Bonchev–Trinajstić information content (AvgIpc) is 3.13. The summed E-state index contributed by atoms with van der Waals surface area (Å²) in [5.74, 6) is 1.62. The molecule has 1 saturated heterocycles. The molecule has 136 valence electrons. The predicted octanol–water partition coefficient (Wildman–Crippen LogP) is 4.29. The Labute approximate surface area is 161 Å². The predicted molar refractivity (Wildman–Crippen MR) is 109 cm³/mol. The van der Waals surface area contributed by atoms with E-state index < -0.39 is 0 Å². The second kappa shape index (κ2) is 7.21. The highest BCUT2D eigenvalue weighted by atomic mass is 35.5. The van der Waals surface area contributed by atoms with Gasteiger partial charge in [0.25, 0.3) is 0 Å². The Morgan fingerprint density at radius 2 is 1.50 bits per heavy atom. The van der Waals surface area contributed by atoms with E-state index >= 15 is 0 Å². The molecule has 0 aliphatic carbocycles. The number of thiazole rings is 1. The number of piperazine rings is 1. The van der Waals surface area contributed by atoms with E-state index in [9.17, 15) is 0 Å². The van der Waals surface area contributed by atoms with Gasteiger partial charge in [0.05, 0.1) is 14.2 Å². The van der Waals surface area contributed by atoms with Crippen LogP contribution in [0.1, 0.15) is 0 Å². The number of halogens is 1. The van der Waals surface area contributed by atoms with Crippen LogP contribution >= 0.6 is 22.9 Å². The van der Waals surface area contributed by atoms with Crippen LogP contribution in [0.25, 0.3) is 10.2 Å². The Hall–Kier alpha value is -2.18. The molecule has 0 unspecified atom stereocenters. The Kier molecular flexibility index (Phi) is 4.78. The van der Waals surface area contributed by atoms with Gasteiger partial charge in [-0.1, -0.05) is 22.9 Å². The van der Waals surface area contributed by atoms with Gasteiger partial charge in [-0.25, -0.2) is 4.98 Å². The minimum atomic E-state index is 0.768. The van der Waals surface area contributed by atoms with Gasteiger partial charge in [0.1, 0.15) is 21.7 Å². The van der Waals surface area contributed by atoms with Gasteiger partial charge in [-0.05, 0) is 36.4 Å². The molecule has 26 heavy (non-hydrogen) atoms. The third-order valence-corrected chi connectivity index (χ3v) is 6.02. The van der Waals surface area contributed by atoms with Gasteiger partial charge in [0.15, 0.2) is 5.13 Å². The van der Waals surface area contributed by atoms with Gasteiger partial charge in [0, 0.05) is 36.9 Å². The van der Waals surface area contributed by atoms with Crippen LogP contribution in [0.2, 0.25) is 5.02 Å². The third-order valence-electron chi connectivity index (χ3n) is 4.64. The molecule has 1 fully saturated rings. The van der Waals surface area contributed by atoms with Crippen molar-refractivity contribution in [3.63, 3.8) is 0 Å². The molecule has 0 bridgehead atoms. The number of hydrogen-bond acceptors (Lipinski definition) is 6. The van der Waals surface area contributed by atoms with Crippen LogP contribution in [0.4, 0.5) is 10.8 Å². The Bertz CT molecular complexity index is 864. The molecule has 1 aromatic heterocycles. The monoisotopic (exact) mass is 389 g/mol. The van der Waals surface area contributed by atoms with Crippen LogP contribution in [0, 0.1) is 0 Å². The summed E-state index contributed by atoms with van der Waals surface area (Å²) < 4.78 is 12.0. The number of hydrogen-bond donors (Lipinski definition) is 0. The first kappa shape index (κ1) is 17.2. The number of fused-ring (bicyclic) bond motifs is 1. The first-order chi connectivity index (χ1) is 12.7. The van der Waals surface area contributed by atoms with E-state index in [0.29, 0.717) is 0 Å². The van der Waals surface area contributed by atoms with Crippen LogP contribution in [0.3, 0.4) is 0 Å². The summed E-state index contributed by atoms with van der Waals surface area (Å²) in [4.78, 5) is 9.53. The number of rotatable bonds is 4. The SMILES string of the molecule is COc1ccc(OC)c2sc(N3CCN(c4ccc(Cl)cc4)CC3)nc12. The highest BCUT2D eigenvalue weighted by Crippen LogP contribution is 2.40. The first-order valence-electron chi connectivity index (χ1n) is 8.46. The van der Waals surface area contributed by atoms with E-state index in [-0.39, 0.29) is 0 Å². The van der Waals surface area contributed by atoms with Crippen LogP contribution in [-0.4, -0.2) is 45.4 Å². The number of anilines is 2. The molecule has 1 aliphatic rings. The van der Waals surface area contributed by atoms with Crippen molar-refractivity contribution in [1.29, 1.82) is 0 Å². The van der Waals surface area contributed by atoms with Crippen molar-refractivity contribution in [2.75, 3.05) is 50.2 Å². The van der Waals surface area contributed by atoms with Crippen molar-refractivity contribution in [1.82, 2.24) is 4.98 Å². The molecule has 0 N–H and O–H groups in total. The maximum atomic E-state index is 5.99. The summed E-state index contributed by atoms with van der Waals surface area (Å²) in [7, 11) is 3.36. The van der Waals surface area contributed by atoms with Gasteiger partial charge in [-0.2, -0.15) is 0 Å². The van der Waals surface area contributed by atoms with Crippen molar-refractivity contribution < 1.29 is 9.47 Å². The highest BCUT2D eigenvalue weighted by Gasteiger charge is 2.22. The molecule has 0 atom stereocenters. The smallest absolute Gasteiger partial charge is 0.186 e. The molecule has 0 saturated carbocycles. The molecule has 7 heteroatoms. The Balaban J connectivity index is 1.55. The molecule has 3 aromatic rings. The lowest BCUT2D eigenvalue weighted by molar-refractivity contribution is 0.410. The number of aromatic nitrogens is 1. The topological polar surface area (TPSA) is 37.8 Å². The zero-order valence-electron chi connectivity index (χ0n) is 14.7. The molecule has 0 amide bonds. The van der Waals surface area contributed by atoms with Crippen molar-refractivity contribution in [2.45, 2.75) is 0 Å². The lowest BCUT2D eigenvalue weighted by Crippen LogP contribution is -2.46. The molecular weight excluding hydrogens is 370 g/mol. The summed E-state index contributed by atoms with van der Waals surface area (Å²) in [5, 5.41) is 1.78. The normalized spacial score (nSPS) is 14.7. The van der Waals surface area contributed by atoms with E-state index in [2.05, 4.69) is 21.9 Å². The number of methoxy groups -OCH3 is 2. The van der Waals surface area contributed by atoms with E-state index in [1.807, 2.05) is 24.3 Å². The fourth-order valence-corrected chi connectivity index (χ4v) is 4.47. The number of nitrogens with zero attached hydrogens (tertiary/aromatic N) is 3. The van der Waals surface area contributed by atoms with E-state index in [4.69, 9.17) is 26.1 Å². The molecule has 5 nitrogen and oxygen atoms in total. The van der Waals surface area contributed by atoms with Crippen molar-refractivity contribution in [2.24, 2.45) is 0 Å². The van der Waals surface area contributed by atoms with Crippen molar-refractivity contribution in [3.8, 4) is 11.5 Å². The standard InChI is InChI=1S/C19H20ClN3O2S/c1-24-15-7-8-16(25-2)18-17(15)21-19(26-18)23-11-9-22(10-12-23)14-5-3-13(20)4-6-14/h3-8H,9-12H2,1-2H3. The highest BCUT2D eigenvalue weighted by molar-refractivity contribution is 7.22. The Morgan fingerprint density at radius 3 is 2.15 bits per heavy atom.